The van der Waals surface area contributed by atoms with Crippen LogP contribution in [-0.2, 0) is 6.54 Å². The van der Waals surface area contributed by atoms with E-state index in [1.54, 1.807) is 13.1 Å². The topological polar surface area (TPSA) is 45.2 Å². The summed E-state index contributed by atoms with van der Waals surface area (Å²) in [6.45, 7) is 5.22. The van der Waals surface area contributed by atoms with Crippen molar-refractivity contribution in [1.29, 1.82) is 0 Å². The molecule has 3 nitrogen and oxygen atoms in total. The van der Waals surface area contributed by atoms with Gasteiger partial charge in [-0.05, 0) is 31.0 Å². The lowest BCUT2D eigenvalue weighted by Crippen LogP contribution is -2.24. The number of aliphatic hydroxyl groups is 1. The van der Waals surface area contributed by atoms with Crippen molar-refractivity contribution in [2.45, 2.75) is 26.5 Å². The van der Waals surface area contributed by atoms with Crippen LogP contribution in [0.25, 0.3) is 0 Å². The van der Waals surface area contributed by atoms with Crippen LogP contribution < -0.4 is 5.32 Å². The summed E-state index contributed by atoms with van der Waals surface area (Å²) >= 11 is 0. The monoisotopic (exact) mass is 180 g/mol. The van der Waals surface area contributed by atoms with Gasteiger partial charge in [-0.2, -0.15) is 0 Å². The maximum Gasteiger partial charge on any atom is 0.0636 e. The predicted molar refractivity (Wildman–Crippen MR) is 52.4 cm³/mol. The number of aryl methyl sites for hydroxylation is 1. The van der Waals surface area contributed by atoms with E-state index in [9.17, 15) is 0 Å². The standard InChI is InChI=1S/C10H16N2O/c1-8-5-11-4-3-10(8)7-12-6-9(2)13/h3-5,9,12-13H,6-7H2,1-2H3/t9-/m1/s1. The Labute approximate surface area is 78.8 Å². The van der Waals surface area contributed by atoms with Gasteiger partial charge in [-0.3, -0.25) is 4.98 Å². The SMILES string of the molecule is Cc1cnccc1CNC[C@@H](C)O. The molecule has 1 heterocycles. The van der Waals surface area contributed by atoms with E-state index in [0.717, 1.165) is 6.54 Å². The van der Waals surface area contributed by atoms with E-state index in [0.29, 0.717) is 6.54 Å². The van der Waals surface area contributed by atoms with Crippen LogP contribution in [0.3, 0.4) is 0 Å². The lowest BCUT2D eigenvalue weighted by Gasteiger charge is -2.08. The van der Waals surface area contributed by atoms with Crippen LogP contribution in [0, 0.1) is 6.92 Å². The molecule has 1 aromatic rings. The van der Waals surface area contributed by atoms with Crippen molar-refractivity contribution in [2.24, 2.45) is 0 Å². The fourth-order valence-corrected chi connectivity index (χ4v) is 1.12. The number of aromatic nitrogens is 1. The van der Waals surface area contributed by atoms with Gasteiger partial charge in [-0.25, -0.2) is 0 Å². The summed E-state index contributed by atoms with van der Waals surface area (Å²) in [5.74, 6) is 0. The molecule has 0 unspecified atom stereocenters. The molecule has 0 aliphatic rings. The minimum Gasteiger partial charge on any atom is -0.392 e. The van der Waals surface area contributed by atoms with E-state index in [1.165, 1.54) is 11.1 Å². The molecule has 2 N–H and O–H groups in total. The zero-order valence-electron chi connectivity index (χ0n) is 8.12. The third-order valence-corrected chi connectivity index (χ3v) is 1.89. The smallest absolute Gasteiger partial charge is 0.0636 e. The number of pyridine rings is 1. The Morgan fingerprint density at radius 1 is 1.62 bits per heavy atom. The van der Waals surface area contributed by atoms with Gasteiger partial charge < -0.3 is 10.4 Å². The van der Waals surface area contributed by atoms with E-state index >= 15 is 0 Å². The van der Waals surface area contributed by atoms with Gasteiger partial charge in [-0.1, -0.05) is 0 Å². The Kier molecular flexibility index (Phi) is 3.86. The number of nitrogens with zero attached hydrogens (tertiary/aromatic N) is 1. The first kappa shape index (κ1) is 10.2. The maximum atomic E-state index is 9.02. The van der Waals surface area contributed by atoms with Gasteiger partial charge in [-0.15, -0.1) is 0 Å². The first-order valence-corrected chi connectivity index (χ1v) is 4.48. The Balaban J connectivity index is 2.41. The van der Waals surface area contributed by atoms with Crippen LogP contribution in [-0.4, -0.2) is 22.7 Å². The summed E-state index contributed by atoms with van der Waals surface area (Å²) in [5.41, 5.74) is 2.41. The van der Waals surface area contributed by atoms with Crippen molar-refractivity contribution in [1.82, 2.24) is 10.3 Å². The van der Waals surface area contributed by atoms with Crippen LogP contribution in [0.2, 0.25) is 0 Å². The zero-order valence-corrected chi connectivity index (χ0v) is 8.12. The number of hydrogen-bond donors (Lipinski definition) is 2. The van der Waals surface area contributed by atoms with E-state index in [4.69, 9.17) is 5.11 Å². The summed E-state index contributed by atoms with van der Waals surface area (Å²) in [6.07, 6.45) is 3.34. The molecule has 1 atom stereocenters. The molecule has 1 aromatic heterocycles. The van der Waals surface area contributed by atoms with Crippen LogP contribution in [0.5, 0.6) is 0 Å². The minimum absolute atomic E-state index is 0.290. The Morgan fingerprint density at radius 3 is 3.00 bits per heavy atom. The maximum absolute atomic E-state index is 9.02. The minimum atomic E-state index is -0.290. The van der Waals surface area contributed by atoms with Gasteiger partial charge in [0, 0.05) is 25.5 Å². The molecule has 0 amide bonds. The van der Waals surface area contributed by atoms with E-state index < -0.39 is 0 Å². The average Bonchev–Trinajstić information content (AvgIpc) is 2.08. The highest BCUT2D eigenvalue weighted by molar-refractivity contribution is 5.21. The summed E-state index contributed by atoms with van der Waals surface area (Å²) in [7, 11) is 0. The molecule has 0 aliphatic carbocycles. The second-order valence-corrected chi connectivity index (χ2v) is 3.28. The second-order valence-electron chi connectivity index (χ2n) is 3.28. The van der Waals surface area contributed by atoms with Gasteiger partial charge in [0.1, 0.15) is 0 Å². The van der Waals surface area contributed by atoms with Gasteiger partial charge in [0.05, 0.1) is 6.10 Å². The third-order valence-electron chi connectivity index (χ3n) is 1.89. The predicted octanol–water partition coefficient (Wildman–Crippen LogP) is 0.860. The van der Waals surface area contributed by atoms with Gasteiger partial charge >= 0.3 is 0 Å². The first-order chi connectivity index (χ1) is 6.20. The zero-order chi connectivity index (χ0) is 9.68. The normalized spacial score (nSPS) is 12.8. The highest BCUT2D eigenvalue weighted by atomic mass is 16.3. The summed E-state index contributed by atoms with van der Waals surface area (Å²) in [4.78, 5) is 4.01. The molecule has 0 radical (unpaired) electrons. The molecule has 3 heteroatoms. The number of hydrogen-bond acceptors (Lipinski definition) is 3. The molecule has 0 spiro atoms. The summed E-state index contributed by atoms with van der Waals surface area (Å²) < 4.78 is 0. The molecule has 0 fully saturated rings. The molecule has 72 valence electrons. The van der Waals surface area contributed by atoms with Crippen molar-refractivity contribution in [2.75, 3.05) is 6.54 Å². The quantitative estimate of drug-likeness (QED) is 0.722. The van der Waals surface area contributed by atoms with E-state index in [-0.39, 0.29) is 6.10 Å². The number of rotatable bonds is 4. The number of nitrogens with one attached hydrogen (secondary N) is 1. The lowest BCUT2D eigenvalue weighted by molar-refractivity contribution is 0.191. The van der Waals surface area contributed by atoms with Crippen LogP contribution in [0.15, 0.2) is 18.5 Å². The van der Waals surface area contributed by atoms with E-state index in [2.05, 4.69) is 10.3 Å². The average molecular weight is 180 g/mol. The highest BCUT2D eigenvalue weighted by Crippen LogP contribution is 2.03. The Morgan fingerprint density at radius 2 is 2.38 bits per heavy atom. The third kappa shape index (κ3) is 3.53. The highest BCUT2D eigenvalue weighted by Gasteiger charge is 1.98. The second kappa shape index (κ2) is 4.94. The molecule has 0 bridgehead atoms. The molecule has 0 saturated carbocycles. The first-order valence-electron chi connectivity index (χ1n) is 4.48. The van der Waals surface area contributed by atoms with E-state index in [1.807, 2.05) is 19.2 Å². The van der Waals surface area contributed by atoms with Crippen molar-refractivity contribution in [3.8, 4) is 0 Å². The summed E-state index contributed by atoms with van der Waals surface area (Å²) in [5, 5.41) is 12.2. The van der Waals surface area contributed by atoms with Crippen molar-refractivity contribution in [3.05, 3.63) is 29.6 Å². The molecule has 0 aromatic carbocycles. The molecular weight excluding hydrogens is 164 g/mol. The Bertz CT molecular complexity index is 261. The van der Waals surface area contributed by atoms with Gasteiger partial charge in [0.2, 0.25) is 0 Å². The van der Waals surface area contributed by atoms with Crippen LogP contribution in [0.1, 0.15) is 18.1 Å². The molecular formula is C10H16N2O. The Hall–Kier alpha value is -0.930. The molecule has 0 saturated heterocycles. The summed E-state index contributed by atoms with van der Waals surface area (Å²) in [6, 6.07) is 1.99. The fraction of sp³-hybridized carbons (Fsp3) is 0.500. The van der Waals surface area contributed by atoms with Gasteiger partial charge in [0.15, 0.2) is 0 Å². The molecule has 0 aliphatic heterocycles. The van der Waals surface area contributed by atoms with Crippen LogP contribution >= 0.6 is 0 Å². The van der Waals surface area contributed by atoms with Crippen molar-refractivity contribution < 1.29 is 5.11 Å². The van der Waals surface area contributed by atoms with Crippen molar-refractivity contribution >= 4 is 0 Å². The largest absolute Gasteiger partial charge is 0.392 e. The number of aliphatic hydroxyl groups excluding tert-OH is 1. The van der Waals surface area contributed by atoms with Crippen molar-refractivity contribution in [3.63, 3.8) is 0 Å². The van der Waals surface area contributed by atoms with Gasteiger partial charge in [0.25, 0.3) is 0 Å². The molecule has 1 rings (SSSR count). The lowest BCUT2D eigenvalue weighted by atomic mass is 10.1. The van der Waals surface area contributed by atoms with Crippen LogP contribution in [0.4, 0.5) is 0 Å². The fourth-order valence-electron chi connectivity index (χ4n) is 1.12. The molecule has 13 heavy (non-hydrogen) atoms.